The topological polar surface area (TPSA) is 77.0 Å². The number of nitrogens with zero attached hydrogens (tertiary/aromatic N) is 3. The van der Waals surface area contributed by atoms with E-state index >= 15 is 0 Å². The zero-order valence-electron chi connectivity index (χ0n) is 14.2. The first-order chi connectivity index (χ1) is 11.6. The molecule has 126 valence electrons. The maximum Gasteiger partial charge on any atom is 0.339 e. The molecule has 3 rings (SSSR count). The van der Waals surface area contributed by atoms with Crippen LogP contribution in [0.25, 0.3) is 0 Å². The standard InChI is InChI=1S/C18H22N4O2/c1-11(2)17-19-9-8-15(22-17)20-10-13-6-7-14(18(23)24-3)16(21-13)12-4-5-12/h6-9,11-12H,4-5,10H2,1-3H3,(H,19,20,22). The molecular weight excluding hydrogens is 304 g/mol. The second-order valence-corrected chi connectivity index (χ2v) is 6.31. The molecule has 6 nitrogen and oxygen atoms in total. The number of hydrogen-bond donors (Lipinski definition) is 1. The van der Waals surface area contributed by atoms with Gasteiger partial charge in [-0.15, -0.1) is 0 Å². The molecule has 6 heteroatoms. The van der Waals surface area contributed by atoms with E-state index < -0.39 is 0 Å². The minimum Gasteiger partial charge on any atom is -0.465 e. The number of methoxy groups -OCH3 is 1. The summed E-state index contributed by atoms with van der Waals surface area (Å²) in [6.45, 7) is 4.68. The Morgan fingerprint density at radius 1 is 1.29 bits per heavy atom. The summed E-state index contributed by atoms with van der Waals surface area (Å²) in [6, 6.07) is 5.51. The molecule has 0 bridgehead atoms. The molecule has 0 spiro atoms. The number of carbonyl (C=O) groups excluding carboxylic acids is 1. The number of nitrogens with one attached hydrogen (secondary N) is 1. The van der Waals surface area contributed by atoms with Gasteiger partial charge in [-0.25, -0.2) is 14.8 Å². The Hall–Kier alpha value is -2.50. The highest BCUT2D eigenvalue weighted by atomic mass is 16.5. The molecule has 0 aromatic carbocycles. The number of pyridine rings is 1. The minimum absolute atomic E-state index is 0.283. The number of carbonyl (C=O) groups is 1. The Morgan fingerprint density at radius 2 is 2.08 bits per heavy atom. The molecule has 1 saturated carbocycles. The average molecular weight is 326 g/mol. The van der Waals surface area contributed by atoms with Gasteiger partial charge >= 0.3 is 5.97 Å². The van der Waals surface area contributed by atoms with E-state index in [1.54, 1.807) is 6.20 Å². The number of rotatable bonds is 6. The molecule has 2 aromatic rings. The molecule has 1 N–H and O–H groups in total. The highest BCUT2D eigenvalue weighted by Gasteiger charge is 2.30. The Bertz CT molecular complexity index is 742. The Labute approximate surface area is 141 Å². The number of hydrogen-bond acceptors (Lipinski definition) is 6. The highest BCUT2D eigenvalue weighted by Crippen LogP contribution is 2.40. The molecular formula is C18H22N4O2. The monoisotopic (exact) mass is 326 g/mol. The summed E-state index contributed by atoms with van der Waals surface area (Å²) < 4.78 is 4.85. The number of aromatic nitrogens is 3. The zero-order chi connectivity index (χ0) is 17.1. The van der Waals surface area contributed by atoms with E-state index in [0.717, 1.165) is 35.9 Å². The van der Waals surface area contributed by atoms with Crippen LogP contribution in [0.3, 0.4) is 0 Å². The van der Waals surface area contributed by atoms with Crippen molar-refractivity contribution in [1.29, 1.82) is 0 Å². The van der Waals surface area contributed by atoms with Crippen LogP contribution in [0.1, 0.15) is 66.1 Å². The van der Waals surface area contributed by atoms with Crippen molar-refractivity contribution >= 4 is 11.8 Å². The van der Waals surface area contributed by atoms with Gasteiger partial charge < -0.3 is 10.1 Å². The van der Waals surface area contributed by atoms with E-state index in [1.807, 2.05) is 18.2 Å². The fourth-order valence-corrected chi connectivity index (χ4v) is 2.50. The largest absolute Gasteiger partial charge is 0.465 e. The minimum atomic E-state index is -0.318. The lowest BCUT2D eigenvalue weighted by atomic mass is 10.1. The van der Waals surface area contributed by atoms with Gasteiger partial charge in [0.15, 0.2) is 0 Å². The summed E-state index contributed by atoms with van der Waals surface area (Å²) in [5.41, 5.74) is 2.31. The van der Waals surface area contributed by atoms with Crippen molar-refractivity contribution < 1.29 is 9.53 Å². The van der Waals surface area contributed by atoms with Gasteiger partial charge in [-0.3, -0.25) is 4.98 Å². The van der Waals surface area contributed by atoms with Crippen LogP contribution in [0.2, 0.25) is 0 Å². The molecule has 1 aliphatic carbocycles. The average Bonchev–Trinajstić information content (AvgIpc) is 3.44. The predicted molar refractivity (Wildman–Crippen MR) is 91.0 cm³/mol. The second-order valence-electron chi connectivity index (χ2n) is 6.31. The summed E-state index contributed by atoms with van der Waals surface area (Å²) >= 11 is 0. The van der Waals surface area contributed by atoms with Crippen molar-refractivity contribution in [2.24, 2.45) is 0 Å². The van der Waals surface area contributed by atoms with E-state index in [0.29, 0.717) is 18.0 Å². The van der Waals surface area contributed by atoms with Crippen molar-refractivity contribution in [3.05, 3.63) is 47.2 Å². The highest BCUT2D eigenvalue weighted by molar-refractivity contribution is 5.90. The zero-order valence-corrected chi connectivity index (χ0v) is 14.2. The molecule has 2 heterocycles. The first kappa shape index (κ1) is 16.4. The first-order valence-electron chi connectivity index (χ1n) is 8.23. The summed E-state index contributed by atoms with van der Waals surface area (Å²) in [5, 5.41) is 3.28. The van der Waals surface area contributed by atoms with Crippen LogP contribution in [0, 0.1) is 0 Å². The summed E-state index contributed by atoms with van der Waals surface area (Å²) in [6.07, 6.45) is 3.92. The van der Waals surface area contributed by atoms with Crippen LogP contribution in [0.4, 0.5) is 5.82 Å². The van der Waals surface area contributed by atoms with Crippen molar-refractivity contribution in [2.45, 2.75) is 45.1 Å². The van der Waals surface area contributed by atoms with E-state index in [-0.39, 0.29) is 11.9 Å². The van der Waals surface area contributed by atoms with Crippen LogP contribution in [-0.2, 0) is 11.3 Å². The Kier molecular flexibility index (Phi) is 4.74. The fourth-order valence-electron chi connectivity index (χ4n) is 2.50. The lowest BCUT2D eigenvalue weighted by Gasteiger charge is -2.11. The number of esters is 1. The molecule has 1 aliphatic rings. The second kappa shape index (κ2) is 6.95. The lowest BCUT2D eigenvalue weighted by molar-refractivity contribution is 0.0598. The van der Waals surface area contributed by atoms with E-state index in [2.05, 4.69) is 34.1 Å². The normalized spacial score (nSPS) is 13.8. The molecule has 0 atom stereocenters. The number of ether oxygens (including phenoxy) is 1. The van der Waals surface area contributed by atoms with Gasteiger partial charge in [-0.05, 0) is 31.0 Å². The summed E-state index contributed by atoms with van der Waals surface area (Å²) in [7, 11) is 1.40. The van der Waals surface area contributed by atoms with Crippen LogP contribution < -0.4 is 5.32 Å². The third-order valence-electron chi connectivity index (χ3n) is 3.99. The van der Waals surface area contributed by atoms with Gasteiger partial charge in [0, 0.05) is 18.0 Å². The summed E-state index contributed by atoms with van der Waals surface area (Å²) in [5.74, 6) is 1.94. The molecule has 24 heavy (non-hydrogen) atoms. The van der Waals surface area contributed by atoms with Gasteiger partial charge in [-0.1, -0.05) is 13.8 Å². The number of anilines is 1. The summed E-state index contributed by atoms with van der Waals surface area (Å²) in [4.78, 5) is 25.3. The quantitative estimate of drug-likeness (QED) is 0.821. The first-order valence-corrected chi connectivity index (χ1v) is 8.23. The van der Waals surface area contributed by atoms with Gasteiger partial charge in [0.1, 0.15) is 11.6 Å². The van der Waals surface area contributed by atoms with Crippen LogP contribution >= 0.6 is 0 Å². The van der Waals surface area contributed by atoms with Gasteiger partial charge in [0.05, 0.1) is 30.6 Å². The van der Waals surface area contributed by atoms with Gasteiger partial charge in [-0.2, -0.15) is 0 Å². The Morgan fingerprint density at radius 3 is 2.75 bits per heavy atom. The third-order valence-corrected chi connectivity index (χ3v) is 3.99. The predicted octanol–water partition coefficient (Wildman–Crippen LogP) is 3.27. The van der Waals surface area contributed by atoms with E-state index in [1.165, 1.54) is 7.11 Å². The SMILES string of the molecule is COC(=O)c1ccc(CNc2ccnc(C(C)C)n2)nc1C1CC1. The van der Waals surface area contributed by atoms with Gasteiger partial charge in [0.25, 0.3) is 0 Å². The molecule has 0 aliphatic heterocycles. The van der Waals surface area contributed by atoms with Crippen molar-refractivity contribution in [3.8, 4) is 0 Å². The van der Waals surface area contributed by atoms with Crippen molar-refractivity contribution in [3.63, 3.8) is 0 Å². The molecule has 1 fully saturated rings. The molecule has 0 amide bonds. The van der Waals surface area contributed by atoms with Crippen molar-refractivity contribution in [2.75, 3.05) is 12.4 Å². The van der Waals surface area contributed by atoms with Crippen LogP contribution in [0.15, 0.2) is 24.4 Å². The molecule has 2 aromatic heterocycles. The maximum atomic E-state index is 11.9. The third kappa shape index (κ3) is 3.69. The smallest absolute Gasteiger partial charge is 0.339 e. The van der Waals surface area contributed by atoms with Gasteiger partial charge in [0.2, 0.25) is 0 Å². The molecule has 0 radical (unpaired) electrons. The van der Waals surface area contributed by atoms with Crippen molar-refractivity contribution in [1.82, 2.24) is 15.0 Å². The molecule has 0 unspecified atom stereocenters. The fraction of sp³-hybridized carbons (Fsp3) is 0.444. The molecule has 0 saturated heterocycles. The Balaban J connectivity index is 1.75. The lowest BCUT2D eigenvalue weighted by Crippen LogP contribution is -2.11. The maximum absolute atomic E-state index is 11.9. The van der Waals surface area contributed by atoms with Crippen LogP contribution in [0.5, 0.6) is 0 Å². The van der Waals surface area contributed by atoms with E-state index in [4.69, 9.17) is 4.74 Å². The van der Waals surface area contributed by atoms with E-state index in [9.17, 15) is 4.79 Å². The van der Waals surface area contributed by atoms with Crippen LogP contribution in [-0.4, -0.2) is 28.0 Å².